The van der Waals surface area contributed by atoms with Crippen molar-refractivity contribution in [3.8, 4) is 0 Å². The number of unbranched alkanes of at least 4 members (excludes halogenated alkanes) is 49. The van der Waals surface area contributed by atoms with Crippen LogP contribution in [0.25, 0.3) is 0 Å². The van der Waals surface area contributed by atoms with Crippen molar-refractivity contribution in [2.24, 2.45) is 0 Å². The topological polar surface area (TPSA) is 105 Å². The Kier molecular flexibility index (Phi) is 61.3. The van der Waals surface area contributed by atoms with Crippen molar-refractivity contribution in [2.45, 2.75) is 373 Å². The summed E-state index contributed by atoms with van der Waals surface area (Å²) < 4.78 is 23.8. The standard InChI is InChI=1S/C71H139N2O6P/c1-6-8-10-12-14-16-18-20-22-24-26-28-30-31-32-33-34-35-36-37-38-39-40-41-43-45-47-49-51-53-55-57-59-61-63-65-71(75)72-69(68-79-80(76,77)78-67-66-73(3,4)5)70(74)64-62-60-58-56-54-52-50-48-46-44-42-29-27-25-23-21-19-17-15-13-11-9-7-2/h46,48,54,56,62,64,69-70,74H,6-45,47,49-53,55,57-61,63,65-68H2,1-5H3,(H-,72,75,76,77)/p+1/b48-46+,56-54+,64-62+. The summed E-state index contributed by atoms with van der Waals surface area (Å²) in [4.78, 5) is 23.4. The van der Waals surface area contributed by atoms with Gasteiger partial charge in [-0.05, 0) is 44.9 Å². The van der Waals surface area contributed by atoms with Crippen LogP contribution in [0.15, 0.2) is 36.5 Å². The van der Waals surface area contributed by atoms with Gasteiger partial charge in [0.15, 0.2) is 0 Å². The highest BCUT2D eigenvalue weighted by Gasteiger charge is 2.28. The fourth-order valence-corrected chi connectivity index (χ4v) is 11.6. The predicted molar refractivity (Wildman–Crippen MR) is 351 cm³/mol. The van der Waals surface area contributed by atoms with E-state index >= 15 is 0 Å². The zero-order valence-corrected chi connectivity index (χ0v) is 55.2. The molecule has 0 aromatic carbocycles. The number of phosphoric acid groups is 1. The van der Waals surface area contributed by atoms with Gasteiger partial charge in [0.25, 0.3) is 0 Å². The number of allylic oxidation sites excluding steroid dienone is 5. The van der Waals surface area contributed by atoms with Crippen molar-refractivity contribution in [1.82, 2.24) is 5.32 Å². The van der Waals surface area contributed by atoms with Crippen LogP contribution in [0.3, 0.4) is 0 Å². The van der Waals surface area contributed by atoms with E-state index in [1.807, 2.05) is 27.2 Å². The average Bonchev–Trinajstić information content (AvgIpc) is 3.42. The Labute approximate surface area is 499 Å². The maximum atomic E-state index is 13.0. The van der Waals surface area contributed by atoms with Gasteiger partial charge in [-0.2, -0.15) is 0 Å². The van der Waals surface area contributed by atoms with Gasteiger partial charge in [-0.25, -0.2) is 4.57 Å². The lowest BCUT2D eigenvalue weighted by atomic mass is 10.0. The first kappa shape index (κ1) is 78.7. The van der Waals surface area contributed by atoms with Gasteiger partial charge in [0.2, 0.25) is 5.91 Å². The number of hydrogen-bond donors (Lipinski definition) is 3. The molecule has 0 aliphatic carbocycles. The lowest BCUT2D eigenvalue weighted by Crippen LogP contribution is -2.45. The number of likely N-dealkylation sites (N-methyl/N-ethyl adjacent to an activating group) is 1. The Morgan fingerprint density at radius 3 is 1.00 bits per heavy atom. The molecule has 0 heterocycles. The first-order valence-corrected chi connectivity index (χ1v) is 36.9. The number of hydrogen-bond acceptors (Lipinski definition) is 5. The van der Waals surface area contributed by atoms with Gasteiger partial charge in [-0.3, -0.25) is 13.8 Å². The smallest absolute Gasteiger partial charge is 0.387 e. The van der Waals surface area contributed by atoms with E-state index in [1.54, 1.807) is 6.08 Å². The second kappa shape index (κ2) is 62.3. The number of phosphoric ester groups is 1. The highest BCUT2D eigenvalue weighted by Crippen LogP contribution is 2.43. The number of quaternary nitrogens is 1. The van der Waals surface area contributed by atoms with Crippen molar-refractivity contribution in [3.05, 3.63) is 36.5 Å². The molecule has 1 amide bonds. The summed E-state index contributed by atoms with van der Waals surface area (Å²) in [7, 11) is 1.56. The van der Waals surface area contributed by atoms with Gasteiger partial charge in [0.1, 0.15) is 13.2 Å². The molecule has 0 rings (SSSR count). The van der Waals surface area contributed by atoms with Gasteiger partial charge in [-0.15, -0.1) is 0 Å². The molecule has 0 aromatic rings. The average molecular weight is 1150 g/mol. The molecule has 0 aliphatic heterocycles. The van der Waals surface area contributed by atoms with Gasteiger partial charge in [0.05, 0.1) is 39.9 Å². The lowest BCUT2D eigenvalue weighted by Gasteiger charge is -2.25. The minimum absolute atomic E-state index is 0.0554. The van der Waals surface area contributed by atoms with Crippen molar-refractivity contribution in [1.29, 1.82) is 0 Å². The molecule has 0 aromatic heterocycles. The number of aliphatic hydroxyl groups is 1. The highest BCUT2D eigenvalue weighted by atomic mass is 31.2. The summed E-state index contributed by atoms with van der Waals surface area (Å²) in [5.41, 5.74) is 0. The van der Waals surface area contributed by atoms with Crippen molar-refractivity contribution >= 4 is 13.7 Å². The van der Waals surface area contributed by atoms with E-state index in [2.05, 4.69) is 43.5 Å². The first-order chi connectivity index (χ1) is 39.0. The summed E-state index contributed by atoms with van der Waals surface area (Å²) in [5.74, 6) is -0.183. The SMILES string of the molecule is CCCCCCCCCCCCCCC/C=C/CC/C=C/CC/C=C/C(O)C(COP(=O)(O)OCC[N+](C)(C)C)NC(=O)CCCCCCCCCCCCCCCCCCCCCCCCCCCCCCCCCCCCC. The third-order valence-corrected chi connectivity index (χ3v) is 17.3. The Balaban J connectivity index is 4.03. The highest BCUT2D eigenvalue weighted by molar-refractivity contribution is 7.47. The third kappa shape index (κ3) is 64.3. The van der Waals surface area contributed by atoms with Crippen molar-refractivity contribution < 1.29 is 32.9 Å². The zero-order valence-electron chi connectivity index (χ0n) is 54.3. The first-order valence-electron chi connectivity index (χ1n) is 35.4. The zero-order chi connectivity index (χ0) is 58.4. The molecule has 0 saturated carbocycles. The Morgan fingerprint density at radius 1 is 0.412 bits per heavy atom. The van der Waals surface area contributed by atoms with E-state index in [-0.39, 0.29) is 19.1 Å². The molecule has 0 aliphatic rings. The molecule has 0 spiro atoms. The maximum Gasteiger partial charge on any atom is 0.472 e. The molecule has 8 nitrogen and oxygen atoms in total. The number of rotatable bonds is 66. The molecule has 3 atom stereocenters. The number of amides is 1. The number of carbonyl (C=O) groups is 1. The summed E-state index contributed by atoms with van der Waals surface area (Å²) in [6, 6.07) is -0.869. The van der Waals surface area contributed by atoms with E-state index < -0.39 is 20.0 Å². The molecule has 3 N–H and O–H groups in total. The Hall–Kier alpha value is -1.28. The fraction of sp³-hybridized carbons (Fsp3) is 0.901. The largest absolute Gasteiger partial charge is 0.472 e. The van der Waals surface area contributed by atoms with Crippen LogP contribution in [0.4, 0.5) is 0 Å². The normalized spacial score (nSPS) is 13.8. The van der Waals surface area contributed by atoms with E-state index in [1.165, 1.54) is 295 Å². The summed E-state index contributed by atoms with van der Waals surface area (Å²) >= 11 is 0. The number of nitrogens with zero attached hydrogens (tertiary/aromatic N) is 1. The van der Waals surface area contributed by atoms with Crippen LogP contribution in [0.2, 0.25) is 0 Å². The van der Waals surface area contributed by atoms with Crippen LogP contribution in [0.5, 0.6) is 0 Å². The molecule has 80 heavy (non-hydrogen) atoms. The summed E-state index contributed by atoms with van der Waals surface area (Å²) in [6.07, 6.45) is 83.1. The van der Waals surface area contributed by atoms with Gasteiger partial charge in [-0.1, -0.05) is 346 Å². The van der Waals surface area contributed by atoms with E-state index in [0.29, 0.717) is 17.4 Å². The minimum Gasteiger partial charge on any atom is -0.387 e. The molecule has 3 unspecified atom stereocenters. The van der Waals surface area contributed by atoms with Crippen molar-refractivity contribution in [3.63, 3.8) is 0 Å². The van der Waals surface area contributed by atoms with Crippen LogP contribution in [-0.2, 0) is 18.4 Å². The molecular formula is C71H140N2O6P+. The lowest BCUT2D eigenvalue weighted by molar-refractivity contribution is -0.870. The van der Waals surface area contributed by atoms with E-state index in [4.69, 9.17) is 9.05 Å². The van der Waals surface area contributed by atoms with Crippen molar-refractivity contribution in [2.75, 3.05) is 40.9 Å². The van der Waals surface area contributed by atoms with Gasteiger partial charge in [0, 0.05) is 6.42 Å². The molecule has 0 saturated heterocycles. The fourth-order valence-electron chi connectivity index (χ4n) is 10.8. The molecule has 0 bridgehead atoms. The predicted octanol–water partition coefficient (Wildman–Crippen LogP) is 22.4. The Bertz CT molecular complexity index is 1400. The third-order valence-electron chi connectivity index (χ3n) is 16.3. The van der Waals surface area contributed by atoms with Crippen LogP contribution >= 0.6 is 7.82 Å². The summed E-state index contributed by atoms with van der Waals surface area (Å²) in [6.45, 7) is 4.84. The van der Waals surface area contributed by atoms with Crippen LogP contribution in [-0.4, -0.2) is 73.4 Å². The second-order valence-electron chi connectivity index (χ2n) is 25.6. The second-order valence-corrected chi connectivity index (χ2v) is 27.1. The van der Waals surface area contributed by atoms with E-state index in [0.717, 1.165) is 44.9 Å². The molecular weight excluding hydrogens is 1010 g/mol. The monoisotopic (exact) mass is 1150 g/mol. The minimum atomic E-state index is -4.36. The number of carbonyl (C=O) groups excluding carboxylic acids is 1. The van der Waals surface area contributed by atoms with Gasteiger partial charge >= 0.3 is 7.82 Å². The van der Waals surface area contributed by atoms with Gasteiger partial charge < -0.3 is 19.8 Å². The molecule has 0 radical (unpaired) electrons. The Morgan fingerprint density at radius 2 is 0.688 bits per heavy atom. The van der Waals surface area contributed by atoms with E-state index in [9.17, 15) is 19.4 Å². The van der Waals surface area contributed by atoms with Crippen LogP contribution in [0.1, 0.15) is 361 Å². The van der Waals surface area contributed by atoms with Crippen LogP contribution < -0.4 is 5.32 Å². The summed E-state index contributed by atoms with van der Waals surface area (Å²) in [5, 5.41) is 14.0. The number of nitrogens with one attached hydrogen (secondary N) is 1. The number of aliphatic hydroxyl groups excluding tert-OH is 1. The maximum absolute atomic E-state index is 13.0. The quantitative estimate of drug-likeness (QED) is 0.0243. The molecule has 474 valence electrons. The molecule has 9 heteroatoms. The molecule has 0 fully saturated rings. The van der Waals surface area contributed by atoms with Crippen LogP contribution in [0, 0.1) is 0 Å².